The number of anilines is 2. The molecular formula is C14H17N3. The number of pyridine rings is 1. The third kappa shape index (κ3) is 1.93. The normalized spacial score (nSPS) is 22.7. The van der Waals surface area contributed by atoms with Crippen LogP contribution in [-0.2, 0) is 0 Å². The van der Waals surface area contributed by atoms with Gasteiger partial charge in [0.2, 0.25) is 0 Å². The van der Waals surface area contributed by atoms with E-state index in [2.05, 4.69) is 23.3 Å². The van der Waals surface area contributed by atoms with Crippen LogP contribution in [0, 0.1) is 12.8 Å². The molecule has 3 rings (SSSR count). The molecule has 1 aromatic carbocycles. The van der Waals surface area contributed by atoms with Crippen molar-refractivity contribution in [2.75, 3.05) is 11.1 Å². The molecular weight excluding hydrogens is 210 g/mol. The summed E-state index contributed by atoms with van der Waals surface area (Å²) in [7, 11) is 0. The van der Waals surface area contributed by atoms with E-state index >= 15 is 0 Å². The highest BCUT2D eigenvalue weighted by Crippen LogP contribution is 2.35. The first-order valence-corrected chi connectivity index (χ1v) is 6.07. The van der Waals surface area contributed by atoms with Crippen LogP contribution in [0.3, 0.4) is 0 Å². The Morgan fingerprint density at radius 3 is 2.82 bits per heavy atom. The van der Waals surface area contributed by atoms with E-state index in [1.807, 2.05) is 25.1 Å². The standard InChI is InChI=1S/C14H17N3/c1-8-5-13(8)17-14-6-9(2)16-12-4-3-10(15)7-11(12)14/h3-4,6-8,13H,5,15H2,1-2H3,(H,16,17). The highest BCUT2D eigenvalue weighted by Gasteiger charge is 2.32. The van der Waals surface area contributed by atoms with Crippen molar-refractivity contribution in [3.05, 3.63) is 30.0 Å². The molecule has 1 fully saturated rings. The van der Waals surface area contributed by atoms with E-state index < -0.39 is 0 Å². The number of hydrogen-bond acceptors (Lipinski definition) is 3. The molecule has 1 aliphatic carbocycles. The molecule has 0 amide bonds. The molecule has 3 N–H and O–H groups in total. The van der Waals surface area contributed by atoms with Gasteiger partial charge in [-0.2, -0.15) is 0 Å². The van der Waals surface area contributed by atoms with E-state index in [0.717, 1.165) is 33.9 Å². The van der Waals surface area contributed by atoms with E-state index in [-0.39, 0.29) is 0 Å². The van der Waals surface area contributed by atoms with Crippen molar-refractivity contribution in [3.8, 4) is 0 Å². The number of benzene rings is 1. The first kappa shape index (κ1) is 10.4. The fraction of sp³-hybridized carbons (Fsp3) is 0.357. The molecule has 2 atom stereocenters. The molecule has 2 unspecified atom stereocenters. The molecule has 2 aromatic rings. The summed E-state index contributed by atoms with van der Waals surface area (Å²) in [5, 5.41) is 4.70. The van der Waals surface area contributed by atoms with Crippen molar-refractivity contribution in [3.63, 3.8) is 0 Å². The largest absolute Gasteiger partial charge is 0.399 e. The maximum atomic E-state index is 5.85. The molecule has 0 bridgehead atoms. The molecule has 0 aliphatic heterocycles. The summed E-state index contributed by atoms with van der Waals surface area (Å²) < 4.78 is 0. The average molecular weight is 227 g/mol. The summed E-state index contributed by atoms with van der Waals surface area (Å²) in [6.45, 7) is 4.29. The smallest absolute Gasteiger partial charge is 0.0727 e. The number of fused-ring (bicyclic) bond motifs is 1. The number of nitrogens with one attached hydrogen (secondary N) is 1. The molecule has 0 radical (unpaired) electrons. The lowest BCUT2D eigenvalue weighted by atomic mass is 10.1. The first-order chi connectivity index (χ1) is 8.13. The minimum atomic E-state index is 0.612. The SMILES string of the molecule is Cc1cc(NC2CC2C)c2cc(N)ccc2n1. The highest BCUT2D eigenvalue weighted by atomic mass is 15.0. The fourth-order valence-electron chi connectivity index (χ4n) is 2.22. The van der Waals surface area contributed by atoms with Crippen LogP contribution in [-0.4, -0.2) is 11.0 Å². The van der Waals surface area contributed by atoms with E-state index in [1.165, 1.54) is 6.42 Å². The lowest BCUT2D eigenvalue weighted by Gasteiger charge is -2.10. The van der Waals surface area contributed by atoms with Crippen LogP contribution in [0.15, 0.2) is 24.3 Å². The summed E-state index contributed by atoms with van der Waals surface area (Å²) in [5.74, 6) is 0.777. The van der Waals surface area contributed by atoms with E-state index in [1.54, 1.807) is 0 Å². The Morgan fingerprint density at radius 2 is 2.12 bits per heavy atom. The van der Waals surface area contributed by atoms with Crippen LogP contribution < -0.4 is 11.1 Å². The second-order valence-corrected chi connectivity index (χ2v) is 5.05. The maximum Gasteiger partial charge on any atom is 0.0727 e. The second kappa shape index (κ2) is 3.62. The predicted molar refractivity (Wildman–Crippen MR) is 72.1 cm³/mol. The van der Waals surface area contributed by atoms with Crippen molar-refractivity contribution in [1.29, 1.82) is 0 Å². The molecule has 3 heteroatoms. The Labute approximate surface area is 101 Å². The van der Waals surface area contributed by atoms with Crippen LogP contribution in [0.2, 0.25) is 0 Å². The van der Waals surface area contributed by atoms with Gasteiger partial charge >= 0.3 is 0 Å². The highest BCUT2D eigenvalue weighted by molar-refractivity contribution is 5.93. The second-order valence-electron chi connectivity index (χ2n) is 5.05. The van der Waals surface area contributed by atoms with Crippen LogP contribution >= 0.6 is 0 Å². The molecule has 1 saturated carbocycles. The van der Waals surface area contributed by atoms with Crippen molar-refractivity contribution < 1.29 is 0 Å². The Balaban J connectivity index is 2.10. The van der Waals surface area contributed by atoms with Gasteiger partial charge in [-0.1, -0.05) is 6.92 Å². The van der Waals surface area contributed by atoms with Crippen LogP contribution in [0.5, 0.6) is 0 Å². The van der Waals surface area contributed by atoms with E-state index in [0.29, 0.717) is 6.04 Å². The Morgan fingerprint density at radius 1 is 1.35 bits per heavy atom. The summed E-state index contributed by atoms with van der Waals surface area (Å²) in [4.78, 5) is 4.53. The minimum Gasteiger partial charge on any atom is -0.399 e. The Kier molecular flexibility index (Phi) is 2.21. The molecule has 1 aromatic heterocycles. The lowest BCUT2D eigenvalue weighted by Crippen LogP contribution is -2.05. The van der Waals surface area contributed by atoms with Crippen molar-refractivity contribution in [2.24, 2.45) is 5.92 Å². The molecule has 3 nitrogen and oxygen atoms in total. The van der Waals surface area contributed by atoms with Crippen LogP contribution in [0.25, 0.3) is 10.9 Å². The van der Waals surface area contributed by atoms with E-state index in [4.69, 9.17) is 5.73 Å². The van der Waals surface area contributed by atoms with Gasteiger partial charge in [0.1, 0.15) is 0 Å². The molecule has 0 saturated heterocycles. The third-order valence-electron chi connectivity index (χ3n) is 3.41. The summed E-state index contributed by atoms with van der Waals surface area (Å²) in [6, 6.07) is 8.60. The maximum absolute atomic E-state index is 5.85. The van der Waals surface area contributed by atoms with Crippen molar-refractivity contribution in [2.45, 2.75) is 26.3 Å². The van der Waals surface area contributed by atoms with Crippen molar-refractivity contribution in [1.82, 2.24) is 4.98 Å². The Bertz CT molecular complexity index is 577. The predicted octanol–water partition coefficient (Wildman–Crippen LogP) is 2.95. The van der Waals surface area contributed by atoms with Crippen LogP contribution in [0.1, 0.15) is 19.0 Å². The first-order valence-electron chi connectivity index (χ1n) is 6.07. The molecule has 1 aliphatic rings. The van der Waals surface area contributed by atoms with Gasteiger partial charge in [0.05, 0.1) is 5.52 Å². The monoisotopic (exact) mass is 227 g/mol. The number of nitrogen functional groups attached to an aromatic ring is 1. The third-order valence-corrected chi connectivity index (χ3v) is 3.41. The number of nitrogens with two attached hydrogens (primary N) is 1. The number of rotatable bonds is 2. The quantitative estimate of drug-likeness (QED) is 0.775. The van der Waals surface area contributed by atoms with Crippen LogP contribution in [0.4, 0.5) is 11.4 Å². The summed E-state index contributed by atoms with van der Waals surface area (Å²) in [5.41, 5.74) is 9.85. The van der Waals surface area contributed by atoms with Gasteiger partial charge < -0.3 is 11.1 Å². The molecule has 17 heavy (non-hydrogen) atoms. The number of nitrogens with zero attached hydrogens (tertiary/aromatic N) is 1. The number of aryl methyl sites for hydroxylation is 1. The average Bonchev–Trinajstić information content (AvgIpc) is 2.95. The van der Waals surface area contributed by atoms with Gasteiger partial charge in [-0.05, 0) is 43.5 Å². The Hall–Kier alpha value is -1.77. The van der Waals surface area contributed by atoms with Gasteiger partial charge in [0, 0.05) is 28.5 Å². The summed E-state index contributed by atoms with van der Waals surface area (Å²) in [6.07, 6.45) is 1.26. The summed E-state index contributed by atoms with van der Waals surface area (Å²) >= 11 is 0. The molecule has 1 heterocycles. The van der Waals surface area contributed by atoms with Gasteiger partial charge in [-0.3, -0.25) is 4.98 Å². The van der Waals surface area contributed by atoms with E-state index in [9.17, 15) is 0 Å². The van der Waals surface area contributed by atoms with Gasteiger partial charge in [-0.25, -0.2) is 0 Å². The lowest BCUT2D eigenvalue weighted by molar-refractivity contribution is 0.930. The van der Waals surface area contributed by atoms with Gasteiger partial charge in [0.15, 0.2) is 0 Å². The topological polar surface area (TPSA) is 50.9 Å². The minimum absolute atomic E-state index is 0.612. The molecule has 88 valence electrons. The zero-order valence-corrected chi connectivity index (χ0v) is 10.2. The zero-order chi connectivity index (χ0) is 12.0. The molecule has 0 spiro atoms. The number of aromatic nitrogens is 1. The fourth-order valence-corrected chi connectivity index (χ4v) is 2.22. The zero-order valence-electron chi connectivity index (χ0n) is 10.2. The van der Waals surface area contributed by atoms with Gasteiger partial charge in [-0.15, -0.1) is 0 Å². The number of hydrogen-bond donors (Lipinski definition) is 2. The van der Waals surface area contributed by atoms with Crippen molar-refractivity contribution >= 4 is 22.3 Å². The van der Waals surface area contributed by atoms with Gasteiger partial charge in [0.25, 0.3) is 0 Å².